The molecule has 0 atom stereocenters. The molecular formula is C11H16ClN3OS2. The van der Waals surface area contributed by atoms with E-state index in [4.69, 9.17) is 16.7 Å². The van der Waals surface area contributed by atoms with Gasteiger partial charge in [-0.2, -0.15) is 11.8 Å². The second kappa shape index (κ2) is 7.35. The van der Waals surface area contributed by atoms with Gasteiger partial charge in [0.1, 0.15) is 0 Å². The summed E-state index contributed by atoms with van der Waals surface area (Å²) in [6, 6.07) is 0. The standard InChI is InChI=1S/C11H16ClN3OS2/c12-10-9(15-3-7-18-11(15)14-10)8-13-2-6-17-5-1-4-16/h3,7,13,16H,1-2,4-6,8H2. The van der Waals surface area contributed by atoms with Crippen molar-refractivity contribution >= 4 is 39.7 Å². The molecule has 0 aliphatic rings. The summed E-state index contributed by atoms with van der Waals surface area (Å²) in [6.45, 7) is 1.95. The van der Waals surface area contributed by atoms with Crippen LogP contribution < -0.4 is 5.32 Å². The molecule has 7 heteroatoms. The number of hydrogen-bond donors (Lipinski definition) is 2. The lowest BCUT2D eigenvalue weighted by molar-refractivity contribution is 0.296. The minimum Gasteiger partial charge on any atom is -0.396 e. The molecule has 4 nitrogen and oxygen atoms in total. The van der Waals surface area contributed by atoms with Gasteiger partial charge in [-0.3, -0.25) is 4.40 Å². The molecule has 2 aromatic rings. The Hall–Kier alpha value is -0.270. The number of rotatable bonds is 8. The zero-order valence-corrected chi connectivity index (χ0v) is 12.3. The van der Waals surface area contributed by atoms with Crippen LogP contribution >= 0.6 is 34.7 Å². The van der Waals surface area contributed by atoms with E-state index in [-0.39, 0.29) is 6.61 Å². The van der Waals surface area contributed by atoms with Gasteiger partial charge in [-0.1, -0.05) is 11.6 Å². The van der Waals surface area contributed by atoms with Crippen LogP contribution in [-0.4, -0.2) is 39.1 Å². The molecule has 0 amide bonds. The Labute approximate surface area is 119 Å². The number of nitrogens with one attached hydrogen (secondary N) is 1. The van der Waals surface area contributed by atoms with Crippen LogP contribution in [0.4, 0.5) is 0 Å². The van der Waals surface area contributed by atoms with Crippen molar-refractivity contribution in [2.45, 2.75) is 13.0 Å². The van der Waals surface area contributed by atoms with Crippen molar-refractivity contribution < 1.29 is 5.11 Å². The summed E-state index contributed by atoms with van der Waals surface area (Å²) in [6.07, 6.45) is 2.86. The van der Waals surface area contributed by atoms with E-state index >= 15 is 0 Å². The maximum atomic E-state index is 8.65. The topological polar surface area (TPSA) is 49.6 Å². The minimum absolute atomic E-state index is 0.280. The van der Waals surface area contributed by atoms with Gasteiger partial charge >= 0.3 is 0 Å². The Morgan fingerprint density at radius 1 is 1.50 bits per heavy atom. The maximum Gasteiger partial charge on any atom is 0.195 e. The molecule has 2 rings (SSSR count). The molecule has 0 radical (unpaired) electrons. The molecule has 2 heterocycles. The first-order valence-electron chi connectivity index (χ1n) is 5.82. The third-order valence-corrected chi connectivity index (χ3v) is 4.60. The number of aliphatic hydroxyl groups is 1. The van der Waals surface area contributed by atoms with Gasteiger partial charge in [0.2, 0.25) is 0 Å². The Kier molecular flexibility index (Phi) is 5.78. The normalized spacial score (nSPS) is 11.4. The van der Waals surface area contributed by atoms with E-state index in [9.17, 15) is 0 Å². The van der Waals surface area contributed by atoms with Crippen molar-refractivity contribution in [2.24, 2.45) is 0 Å². The number of nitrogens with zero attached hydrogens (tertiary/aromatic N) is 2. The lowest BCUT2D eigenvalue weighted by Crippen LogP contribution is -2.18. The molecule has 0 aromatic carbocycles. The molecule has 0 unspecified atom stereocenters. The number of hydrogen-bond acceptors (Lipinski definition) is 5. The average Bonchev–Trinajstić information content (AvgIpc) is 2.90. The summed E-state index contributed by atoms with van der Waals surface area (Å²) in [5.41, 5.74) is 1.02. The fraction of sp³-hybridized carbons (Fsp3) is 0.545. The first-order valence-corrected chi connectivity index (χ1v) is 8.23. The summed E-state index contributed by atoms with van der Waals surface area (Å²) in [4.78, 5) is 5.23. The largest absolute Gasteiger partial charge is 0.396 e. The fourth-order valence-corrected chi connectivity index (χ4v) is 3.43. The number of aliphatic hydroxyl groups excluding tert-OH is 1. The van der Waals surface area contributed by atoms with E-state index in [1.54, 1.807) is 11.3 Å². The van der Waals surface area contributed by atoms with Crippen molar-refractivity contribution in [3.63, 3.8) is 0 Å². The third kappa shape index (κ3) is 3.61. The lowest BCUT2D eigenvalue weighted by atomic mass is 10.4. The number of halogens is 1. The van der Waals surface area contributed by atoms with Crippen molar-refractivity contribution in [1.82, 2.24) is 14.7 Å². The quantitative estimate of drug-likeness (QED) is 0.735. The van der Waals surface area contributed by atoms with Gasteiger partial charge in [-0.25, -0.2) is 4.98 Å². The summed E-state index contributed by atoms with van der Waals surface area (Å²) < 4.78 is 2.03. The molecule has 2 aromatic heterocycles. The number of thiazole rings is 1. The smallest absolute Gasteiger partial charge is 0.195 e. The number of fused-ring (bicyclic) bond motifs is 1. The highest BCUT2D eigenvalue weighted by Gasteiger charge is 2.10. The van der Waals surface area contributed by atoms with Gasteiger partial charge in [0, 0.05) is 37.0 Å². The molecule has 18 heavy (non-hydrogen) atoms. The zero-order chi connectivity index (χ0) is 12.8. The van der Waals surface area contributed by atoms with Crippen LogP contribution in [0.1, 0.15) is 12.1 Å². The SMILES string of the molecule is OCCCSCCNCc1c(Cl)nc2sccn12. The predicted molar refractivity (Wildman–Crippen MR) is 78.8 cm³/mol. The number of thioether (sulfide) groups is 1. The van der Waals surface area contributed by atoms with Crippen molar-refractivity contribution in [3.8, 4) is 0 Å². The molecule has 0 aliphatic carbocycles. The van der Waals surface area contributed by atoms with Crippen LogP contribution in [0.2, 0.25) is 5.15 Å². The molecule has 2 N–H and O–H groups in total. The lowest BCUT2D eigenvalue weighted by Gasteiger charge is -2.04. The van der Waals surface area contributed by atoms with Crippen molar-refractivity contribution in [1.29, 1.82) is 0 Å². The van der Waals surface area contributed by atoms with E-state index in [1.807, 2.05) is 27.7 Å². The number of aromatic nitrogens is 2. The van der Waals surface area contributed by atoms with E-state index in [1.165, 1.54) is 0 Å². The van der Waals surface area contributed by atoms with Crippen LogP contribution in [-0.2, 0) is 6.54 Å². The predicted octanol–water partition coefficient (Wildman–Crippen LogP) is 2.25. The van der Waals surface area contributed by atoms with Gasteiger partial charge in [-0.05, 0) is 12.2 Å². The van der Waals surface area contributed by atoms with E-state index in [0.29, 0.717) is 5.15 Å². The highest BCUT2D eigenvalue weighted by molar-refractivity contribution is 7.99. The van der Waals surface area contributed by atoms with Gasteiger partial charge < -0.3 is 10.4 Å². The van der Waals surface area contributed by atoms with Crippen LogP contribution in [0.25, 0.3) is 4.96 Å². The Morgan fingerprint density at radius 3 is 3.22 bits per heavy atom. The van der Waals surface area contributed by atoms with Crippen LogP contribution in [0, 0.1) is 0 Å². The Morgan fingerprint density at radius 2 is 2.39 bits per heavy atom. The average molecular weight is 306 g/mol. The van der Waals surface area contributed by atoms with Crippen molar-refractivity contribution in [2.75, 3.05) is 24.7 Å². The fourth-order valence-electron chi connectivity index (χ4n) is 1.58. The molecule has 100 valence electrons. The molecular weight excluding hydrogens is 290 g/mol. The summed E-state index contributed by atoms with van der Waals surface area (Å²) in [5.74, 6) is 2.06. The molecule has 0 spiro atoms. The second-order valence-electron chi connectivity index (χ2n) is 3.77. The third-order valence-electron chi connectivity index (χ3n) is 2.47. The Bertz CT molecular complexity index is 486. The molecule has 0 aliphatic heterocycles. The Balaban J connectivity index is 1.73. The molecule has 0 saturated carbocycles. The van der Waals surface area contributed by atoms with Crippen LogP contribution in [0.3, 0.4) is 0 Å². The van der Waals surface area contributed by atoms with E-state index in [2.05, 4.69) is 10.3 Å². The highest BCUT2D eigenvalue weighted by atomic mass is 35.5. The second-order valence-corrected chi connectivity index (χ2v) is 6.23. The summed E-state index contributed by atoms with van der Waals surface area (Å²) in [7, 11) is 0. The number of imidazole rings is 1. The minimum atomic E-state index is 0.280. The molecule has 0 bridgehead atoms. The highest BCUT2D eigenvalue weighted by Crippen LogP contribution is 2.20. The van der Waals surface area contributed by atoms with Crippen LogP contribution in [0.5, 0.6) is 0 Å². The van der Waals surface area contributed by atoms with E-state index < -0.39 is 0 Å². The van der Waals surface area contributed by atoms with Gasteiger partial charge in [-0.15, -0.1) is 11.3 Å². The molecule has 0 saturated heterocycles. The van der Waals surface area contributed by atoms with Gasteiger partial charge in [0.25, 0.3) is 0 Å². The first kappa shape index (κ1) is 14.1. The zero-order valence-electron chi connectivity index (χ0n) is 9.93. The van der Waals surface area contributed by atoms with Gasteiger partial charge in [0.15, 0.2) is 10.1 Å². The maximum absolute atomic E-state index is 8.65. The van der Waals surface area contributed by atoms with Gasteiger partial charge in [0.05, 0.1) is 5.69 Å². The first-order chi connectivity index (χ1) is 8.83. The van der Waals surface area contributed by atoms with Crippen LogP contribution in [0.15, 0.2) is 11.6 Å². The summed E-state index contributed by atoms with van der Waals surface area (Å²) >= 11 is 9.53. The van der Waals surface area contributed by atoms with Crippen molar-refractivity contribution in [3.05, 3.63) is 22.4 Å². The summed E-state index contributed by atoms with van der Waals surface area (Å²) in [5, 5.41) is 14.6. The molecule has 0 fully saturated rings. The van der Waals surface area contributed by atoms with E-state index in [0.717, 1.165) is 41.7 Å². The monoisotopic (exact) mass is 305 g/mol.